The molecule has 0 saturated heterocycles. The molecule has 0 saturated carbocycles. The van der Waals surface area contributed by atoms with Crippen LogP contribution in [0.4, 0.5) is 8.78 Å². The standard InChI is InChI=1S/C18H14F2N4/c19-15-8-14(9-16(20)10-15)18-7-6-17(11-22-23-21)24(18)12-13-4-2-1-3-5-13/h1-10H,11-12H2. The Morgan fingerprint density at radius 1 is 0.958 bits per heavy atom. The van der Waals surface area contributed by atoms with E-state index in [1.54, 1.807) is 12.1 Å². The van der Waals surface area contributed by atoms with Crippen molar-refractivity contribution in [1.82, 2.24) is 4.57 Å². The van der Waals surface area contributed by atoms with Crippen LogP contribution in [0.15, 0.2) is 65.8 Å². The average molecular weight is 324 g/mol. The summed E-state index contributed by atoms with van der Waals surface area (Å²) in [4.78, 5) is 2.78. The first-order valence-corrected chi connectivity index (χ1v) is 7.37. The van der Waals surface area contributed by atoms with Crippen LogP contribution in [-0.4, -0.2) is 4.57 Å². The maximum absolute atomic E-state index is 13.6. The first-order chi connectivity index (χ1) is 11.7. The Labute approximate surface area is 137 Å². The van der Waals surface area contributed by atoms with E-state index in [1.165, 1.54) is 12.1 Å². The Kier molecular flexibility index (Phi) is 4.59. The van der Waals surface area contributed by atoms with E-state index in [9.17, 15) is 8.78 Å². The van der Waals surface area contributed by atoms with Crippen molar-refractivity contribution < 1.29 is 8.78 Å². The Hall–Kier alpha value is -3.11. The van der Waals surface area contributed by atoms with Gasteiger partial charge in [-0.3, -0.25) is 0 Å². The molecule has 1 aromatic heterocycles. The number of hydrogen-bond acceptors (Lipinski definition) is 1. The number of aromatic nitrogens is 1. The SMILES string of the molecule is [N-]=[N+]=NCc1ccc(-c2cc(F)cc(F)c2)n1Cc1ccccc1. The quantitative estimate of drug-likeness (QED) is 0.348. The lowest BCUT2D eigenvalue weighted by Gasteiger charge is -2.13. The highest BCUT2D eigenvalue weighted by Gasteiger charge is 2.12. The van der Waals surface area contributed by atoms with Crippen LogP contribution in [0.5, 0.6) is 0 Å². The molecule has 0 aliphatic carbocycles. The van der Waals surface area contributed by atoms with E-state index in [0.29, 0.717) is 17.8 Å². The lowest BCUT2D eigenvalue weighted by molar-refractivity contribution is 0.583. The number of hydrogen-bond donors (Lipinski definition) is 0. The van der Waals surface area contributed by atoms with E-state index < -0.39 is 11.6 Å². The van der Waals surface area contributed by atoms with E-state index in [4.69, 9.17) is 5.53 Å². The van der Waals surface area contributed by atoms with Crippen molar-refractivity contribution in [3.8, 4) is 11.3 Å². The molecule has 3 aromatic rings. The Morgan fingerprint density at radius 2 is 1.67 bits per heavy atom. The van der Waals surface area contributed by atoms with Crippen LogP contribution in [0.1, 0.15) is 11.3 Å². The second-order valence-electron chi connectivity index (χ2n) is 5.33. The van der Waals surface area contributed by atoms with Gasteiger partial charge in [-0.05, 0) is 35.4 Å². The van der Waals surface area contributed by atoms with Gasteiger partial charge in [0, 0.05) is 34.5 Å². The van der Waals surface area contributed by atoms with Gasteiger partial charge in [0.05, 0.1) is 6.54 Å². The Bertz CT molecular complexity index is 876. The Balaban J connectivity index is 2.08. The molecule has 4 nitrogen and oxygen atoms in total. The highest BCUT2D eigenvalue weighted by Crippen LogP contribution is 2.26. The largest absolute Gasteiger partial charge is 0.340 e. The van der Waals surface area contributed by atoms with Gasteiger partial charge in [0.2, 0.25) is 0 Å². The van der Waals surface area contributed by atoms with Crippen molar-refractivity contribution in [3.05, 3.63) is 94.0 Å². The second kappa shape index (κ2) is 6.98. The molecule has 120 valence electrons. The lowest BCUT2D eigenvalue weighted by Crippen LogP contribution is -2.06. The molecule has 3 rings (SSSR count). The molecular formula is C18H14F2N4. The smallest absolute Gasteiger partial charge is 0.126 e. The second-order valence-corrected chi connectivity index (χ2v) is 5.33. The van der Waals surface area contributed by atoms with Crippen LogP contribution < -0.4 is 0 Å². The van der Waals surface area contributed by atoms with E-state index >= 15 is 0 Å². The third kappa shape index (κ3) is 3.45. The molecule has 0 radical (unpaired) electrons. The zero-order chi connectivity index (χ0) is 16.9. The number of rotatable bonds is 5. The summed E-state index contributed by atoms with van der Waals surface area (Å²) >= 11 is 0. The summed E-state index contributed by atoms with van der Waals surface area (Å²) in [5.41, 5.74) is 11.5. The molecule has 0 spiro atoms. The third-order valence-corrected chi connectivity index (χ3v) is 3.71. The fourth-order valence-corrected chi connectivity index (χ4v) is 2.66. The summed E-state index contributed by atoms with van der Waals surface area (Å²) in [6.45, 7) is 0.679. The first kappa shape index (κ1) is 15.8. The summed E-state index contributed by atoms with van der Waals surface area (Å²) in [5.74, 6) is -1.26. The van der Waals surface area contributed by atoms with Gasteiger partial charge in [0.1, 0.15) is 11.6 Å². The minimum atomic E-state index is -0.631. The lowest BCUT2D eigenvalue weighted by atomic mass is 10.1. The molecule has 2 aromatic carbocycles. The highest BCUT2D eigenvalue weighted by atomic mass is 19.1. The average Bonchev–Trinajstić information content (AvgIpc) is 2.95. The van der Waals surface area contributed by atoms with Gasteiger partial charge in [0.25, 0.3) is 0 Å². The molecule has 24 heavy (non-hydrogen) atoms. The molecule has 0 amide bonds. The molecule has 0 unspecified atom stereocenters. The van der Waals surface area contributed by atoms with Crippen LogP contribution in [0.2, 0.25) is 0 Å². The zero-order valence-electron chi connectivity index (χ0n) is 12.7. The van der Waals surface area contributed by atoms with E-state index in [-0.39, 0.29) is 6.54 Å². The molecule has 0 fully saturated rings. The predicted octanol–water partition coefficient (Wildman–Crippen LogP) is 5.29. The van der Waals surface area contributed by atoms with Crippen molar-refractivity contribution in [2.45, 2.75) is 13.1 Å². The van der Waals surface area contributed by atoms with Crippen LogP contribution >= 0.6 is 0 Å². The summed E-state index contributed by atoms with van der Waals surface area (Å²) in [6, 6.07) is 16.7. The van der Waals surface area contributed by atoms with Crippen molar-refractivity contribution in [1.29, 1.82) is 0 Å². The van der Waals surface area contributed by atoms with Gasteiger partial charge in [0.15, 0.2) is 0 Å². The van der Waals surface area contributed by atoms with Crippen LogP contribution in [0.3, 0.4) is 0 Å². The number of azide groups is 1. The van der Waals surface area contributed by atoms with Crippen molar-refractivity contribution in [3.63, 3.8) is 0 Å². The maximum Gasteiger partial charge on any atom is 0.126 e. The van der Waals surface area contributed by atoms with Gasteiger partial charge in [-0.1, -0.05) is 35.4 Å². The fourth-order valence-electron chi connectivity index (χ4n) is 2.66. The molecule has 6 heteroatoms. The normalized spacial score (nSPS) is 10.4. The van der Waals surface area contributed by atoms with E-state index in [1.807, 2.05) is 34.9 Å². The topological polar surface area (TPSA) is 53.7 Å². The number of benzene rings is 2. The summed E-state index contributed by atoms with van der Waals surface area (Å²) in [7, 11) is 0. The van der Waals surface area contributed by atoms with Crippen molar-refractivity contribution >= 4 is 0 Å². The van der Waals surface area contributed by atoms with Gasteiger partial charge in [-0.15, -0.1) is 0 Å². The van der Waals surface area contributed by atoms with Gasteiger partial charge >= 0.3 is 0 Å². The molecular weight excluding hydrogens is 310 g/mol. The van der Waals surface area contributed by atoms with Crippen molar-refractivity contribution in [2.75, 3.05) is 0 Å². The third-order valence-electron chi connectivity index (χ3n) is 3.71. The highest BCUT2D eigenvalue weighted by molar-refractivity contribution is 5.61. The monoisotopic (exact) mass is 324 g/mol. The number of nitrogens with zero attached hydrogens (tertiary/aromatic N) is 4. The molecule has 1 heterocycles. The zero-order valence-corrected chi connectivity index (χ0v) is 12.7. The molecule has 0 aliphatic rings. The summed E-state index contributed by atoms with van der Waals surface area (Å²) < 4.78 is 29.0. The van der Waals surface area contributed by atoms with Crippen LogP contribution in [-0.2, 0) is 13.1 Å². The van der Waals surface area contributed by atoms with Gasteiger partial charge in [-0.25, -0.2) is 8.78 Å². The van der Waals surface area contributed by atoms with Gasteiger partial charge < -0.3 is 4.57 Å². The van der Waals surface area contributed by atoms with Crippen LogP contribution in [0, 0.1) is 11.6 Å². The molecule has 0 N–H and O–H groups in total. The minimum Gasteiger partial charge on any atom is -0.340 e. The number of halogens is 2. The van der Waals surface area contributed by atoms with Gasteiger partial charge in [-0.2, -0.15) is 0 Å². The molecule has 0 bridgehead atoms. The maximum atomic E-state index is 13.6. The Morgan fingerprint density at radius 3 is 2.33 bits per heavy atom. The predicted molar refractivity (Wildman–Crippen MR) is 88.2 cm³/mol. The first-order valence-electron chi connectivity index (χ1n) is 7.37. The van der Waals surface area contributed by atoms with E-state index in [0.717, 1.165) is 17.3 Å². The van der Waals surface area contributed by atoms with E-state index in [2.05, 4.69) is 10.0 Å². The van der Waals surface area contributed by atoms with Crippen molar-refractivity contribution in [2.24, 2.45) is 5.11 Å². The fraction of sp³-hybridized carbons (Fsp3) is 0.111. The van der Waals surface area contributed by atoms with Crippen LogP contribution in [0.25, 0.3) is 21.7 Å². The summed E-state index contributed by atoms with van der Waals surface area (Å²) in [5, 5.41) is 3.60. The molecule has 0 aliphatic heterocycles. The molecule has 0 atom stereocenters. The summed E-state index contributed by atoms with van der Waals surface area (Å²) in [6.07, 6.45) is 0. The minimum absolute atomic E-state index is 0.168.